The van der Waals surface area contributed by atoms with Crippen molar-refractivity contribution in [3.63, 3.8) is 0 Å². The fourth-order valence-corrected chi connectivity index (χ4v) is 3.20. The Labute approximate surface area is 185 Å². The number of amides is 1. The number of aromatic nitrogens is 3. The average molecular weight is 432 g/mol. The topological polar surface area (TPSA) is 81.1 Å². The van der Waals surface area contributed by atoms with Gasteiger partial charge in [-0.3, -0.25) is 10.1 Å². The predicted octanol–water partition coefficient (Wildman–Crippen LogP) is 4.25. The molecule has 0 spiro atoms. The maximum absolute atomic E-state index is 12.3. The summed E-state index contributed by atoms with van der Waals surface area (Å²) in [7, 11) is 0. The van der Waals surface area contributed by atoms with E-state index in [1.165, 1.54) is 0 Å². The third-order valence-electron chi connectivity index (χ3n) is 4.56. The van der Waals surface area contributed by atoms with Crippen LogP contribution in [-0.2, 0) is 0 Å². The Morgan fingerprint density at radius 3 is 2.42 bits per heavy atom. The van der Waals surface area contributed by atoms with Crippen LogP contribution in [0.5, 0.6) is 5.75 Å². The van der Waals surface area contributed by atoms with Crippen LogP contribution >= 0.6 is 12.2 Å². The van der Waals surface area contributed by atoms with E-state index in [2.05, 4.69) is 20.8 Å². The fraction of sp³-hybridized carbons (Fsp3) is 0.130. The normalized spacial score (nSPS) is 10.6. The van der Waals surface area contributed by atoms with Crippen molar-refractivity contribution in [2.45, 2.75) is 13.8 Å². The third-order valence-corrected chi connectivity index (χ3v) is 4.76. The van der Waals surface area contributed by atoms with Crippen molar-refractivity contribution in [3.05, 3.63) is 77.9 Å². The lowest BCUT2D eigenvalue weighted by Crippen LogP contribution is -2.34. The molecule has 7 nitrogen and oxygen atoms in total. The van der Waals surface area contributed by atoms with Gasteiger partial charge < -0.3 is 10.1 Å². The van der Waals surface area contributed by atoms with E-state index in [9.17, 15) is 4.79 Å². The van der Waals surface area contributed by atoms with Gasteiger partial charge in [-0.25, -0.2) is 0 Å². The Hall–Kier alpha value is -3.78. The Bertz CT molecular complexity index is 1230. The van der Waals surface area contributed by atoms with Crippen LogP contribution in [0, 0.1) is 6.92 Å². The standard InChI is InChI=1S/C23H21N5O2S/c1-3-30-19-11-9-18(10-12-19)28-26-20-13-8-17(14-21(20)27-28)24-23(31)25-22(29)16-6-4-15(2)5-7-16/h4-14H,3H2,1-2H3,(H2,24,25,29,31). The molecule has 0 bridgehead atoms. The number of benzene rings is 3. The smallest absolute Gasteiger partial charge is 0.257 e. The Morgan fingerprint density at radius 1 is 1.00 bits per heavy atom. The lowest BCUT2D eigenvalue weighted by molar-refractivity contribution is 0.0977. The molecular formula is C23H21N5O2S. The second kappa shape index (κ2) is 8.93. The molecule has 1 heterocycles. The highest BCUT2D eigenvalue weighted by Gasteiger charge is 2.10. The zero-order chi connectivity index (χ0) is 21.8. The number of fused-ring (bicyclic) bond motifs is 1. The first-order valence-corrected chi connectivity index (χ1v) is 10.2. The highest BCUT2D eigenvalue weighted by Crippen LogP contribution is 2.19. The van der Waals surface area contributed by atoms with Gasteiger partial charge in [-0.15, -0.1) is 10.2 Å². The van der Waals surface area contributed by atoms with Gasteiger partial charge in [0.2, 0.25) is 0 Å². The third kappa shape index (κ3) is 4.87. The number of carbonyl (C=O) groups is 1. The second-order valence-corrected chi connectivity index (χ2v) is 7.30. The second-order valence-electron chi connectivity index (χ2n) is 6.89. The number of anilines is 1. The summed E-state index contributed by atoms with van der Waals surface area (Å²) >= 11 is 5.28. The number of aryl methyl sites for hydroxylation is 1. The molecule has 2 N–H and O–H groups in total. The van der Waals surface area contributed by atoms with Crippen molar-refractivity contribution in [2.75, 3.05) is 11.9 Å². The van der Waals surface area contributed by atoms with E-state index in [1.807, 2.05) is 68.4 Å². The number of hydrogen-bond acceptors (Lipinski definition) is 5. The first kappa shape index (κ1) is 20.5. The maximum Gasteiger partial charge on any atom is 0.257 e. The number of thiocarbonyl (C=S) groups is 1. The molecule has 1 aromatic heterocycles. The lowest BCUT2D eigenvalue weighted by Gasteiger charge is -2.09. The summed E-state index contributed by atoms with van der Waals surface area (Å²) in [6, 6.07) is 20.4. The molecule has 0 saturated heterocycles. The van der Waals surface area contributed by atoms with Gasteiger partial charge in [0.1, 0.15) is 16.8 Å². The summed E-state index contributed by atoms with van der Waals surface area (Å²) in [4.78, 5) is 13.9. The predicted molar refractivity (Wildman–Crippen MR) is 125 cm³/mol. The van der Waals surface area contributed by atoms with Crippen LogP contribution < -0.4 is 15.4 Å². The molecule has 156 valence electrons. The molecule has 0 saturated carbocycles. The zero-order valence-corrected chi connectivity index (χ0v) is 17.9. The Morgan fingerprint density at radius 2 is 1.71 bits per heavy atom. The number of nitrogens with one attached hydrogen (secondary N) is 2. The van der Waals surface area contributed by atoms with Crippen LogP contribution in [0.4, 0.5) is 5.69 Å². The fourth-order valence-electron chi connectivity index (χ4n) is 2.99. The molecule has 0 atom stereocenters. The number of rotatable bonds is 5. The SMILES string of the molecule is CCOc1ccc(-n2nc3ccc(NC(=S)NC(=O)c4ccc(C)cc4)cc3n2)cc1. The number of hydrogen-bond donors (Lipinski definition) is 2. The first-order valence-electron chi connectivity index (χ1n) is 9.81. The quantitative estimate of drug-likeness (QED) is 0.460. The minimum absolute atomic E-state index is 0.212. The highest BCUT2D eigenvalue weighted by molar-refractivity contribution is 7.80. The van der Waals surface area contributed by atoms with E-state index in [4.69, 9.17) is 17.0 Å². The van der Waals surface area contributed by atoms with E-state index >= 15 is 0 Å². The van der Waals surface area contributed by atoms with Crippen LogP contribution in [0.2, 0.25) is 0 Å². The molecule has 0 aliphatic rings. The highest BCUT2D eigenvalue weighted by atomic mass is 32.1. The molecule has 31 heavy (non-hydrogen) atoms. The molecule has 4 aromatic rings. The van der Waals surface area contributed by atoms with Gasteiger partial charge in [0, 0.05) is 11.3 Å². The summed E-state index contributed by atoms with van der Waals surface area (Å²) in [5, 5.41) is 15.0. The van der Waals surface area contributed by atoms with Crippen LogP contribution in [-0.4, -0.2) is 32.6 Å². The van der Waals surface area contributed by atoms with Crippen LogP contribution in [0.25, 0.3) is 16.7 Å². The summed E-state index contributed by atoms with van der Waals surface area (Å²) in [5.41, 5.74) is 4.61. The van der Waals surface area contributed by atoms with Crippen molar-refractivity contribution >= 4 is 40.0 Å². The van der Waals surface area contributed by atoms with Gasteiger partial charge in [0.05, 0.1) is 12.3 Å². The molecule has 8 heteroatoms. The molecule has 3 aromatic carbocycles. The molecule has 0 aliphatic heterocycles. The molecule has 0 radical (unpaired) electrons. The van der Waals surface area contributed by atoms with Crippen LogP contribution in [0.3, 0.4) is 0 Å². The van der Waals surface area contributed by atoms with Gasteiger partial charge in [0.15, 0.2) is 5.11 Å². The first-order chi connectivity index (χ1) is 15.0. The number of ether oxygens (including phenoxy) is 1. The van der Waals surface area contributed by atoms with E-state index in [0.29, 0.717) is 23.4 Å². The van der Waals surface area contributed by atoms with Crippen molar-refractivity contribution < 1.29 is 9.53 Å². The summed E-state index contributed by atoms with van der Waals surface area (Å²) in [6.45, 7) is 4.53. The zero-order valence-electron chi connectivity index (χ0n) is 17.1. The molecular weight excluding hydrogens is 410 g/mol. The number of nitrogens with zero attached hydrogens (tertiary/aromatic N) is 3. The minimum atomic E-state index is -0.264. The van der Waals surface area contributed by atoms with Crippen LogP contribution in [0.1, 0.15) is 22.8 Å². The summed E-state index contributed by atoms with van der Waals surface area (Å²) in [5.74, 6) is 0.538. The van der Waals surface area contributed by atoms with Gasteiger partial charge in [-0.05, 0) is 80.7 Å². The van der Waals surface area contributed by atoms with E-state index < -0.39 is 0 Å². The lowest BCUT2D eigenvalue weighted by atomic mass is 10.1. The van der Waals surface area contributed by atoms with E-state index in [0.717, 1.165) is 22.5 Å². The average Bonchev–Trinajstić information content (AvgIpc) is 3.18. The molecule has 4 rings (SSSR count). The number of carbonyl (C=O) groups excluding carboxylic acids is 1. The Kier molecular flexibility index (Phi) is 5.90. The van der Waals surface area contributed by atoms with Gasteiger partial charge in [0.25, 0.3) is 5.91 Å². The van der Waals surface area contributed by atoms with Gasteiger partial charge >= 0.3 is 0 Å². The summed E-state index contributed by atoms with van der Waals surface area (Å²) in [6.07, 6.45) is 0. The van der Waals surface area contributed by atoms with Crippen molar-refractivity contribution in [1.29, 1.82) is 0 Å². The molecule has 1 amide bonds. The van der Waals surface area contributed by atoms with E-state index in [1.54, 1.807) is 16.9 Å². The molecule has 0 unspecified atom stereocenters. The molecule has 0 fully saturated rings. The summed E-state index contributed by atoms with van der Waals surface area (Å²) < 4.78 is 5.47. The molecule has 0 aliphatic carbocycles. The minimum Gasteiger partial charge on any atom is -0.494 e. The monoisotopic (exact) mass is 431 g/mol. The van der Waals surface area contributed by atoms with Gasteiger partial charge in [-0.2, -0.15) is 4.80 Å². The van der Waals surface area contributed by atoms with Crippen molar-refractivity contribution in [3.8, 4) is 11.4 Å². The van der Waals surface area contributed by atoms with E-state index in [-0.39, 0.29) is 11.0 Å². The van der Waals surface area contributed by atoms with Crippen molar-refractivity contribution in [1.82, 2.24) is 20.3 Å². The maximum atomic E-state index is 12.3. The van der Waals surface area contributed by atoms with Crippen molar-refractivity contribution in [2.24, 2.45) is 0 Å². The Balaban J connectivity index is 1.45. The largest absolute Gasteiger partial charge is 0.494 e. The van der Waals surface area contributed by atoms with Crippen LogP contribution in [0.15, 0.2) is 66.7 Å². The van der Waals surface area contributed by atoms with Gasteiger partial charge in [-0.1, -0.05) is 17.7 Å².